The van der Waals surface area contributed by atoms with E-state index in [1.807, 2.05) is 49.2 Å². The third kappa shape index (κ3) is 4.39. The fraction of sp³-hybridized carbons (Fsp3) is 0.474. The molecule has 0 atom stereocenters. The minimum atomic E-state index is 0.244. The van der Waals surface area contributed by atoms with Crippen molar-refractivity contribution in [2.75, 3.05) is 19.6 Å². The van der Waals surface area contributed by atoms with Gasteiger partial charge < -0.3 is 15.0 Å². The first-order valence-electron chi connectivity index (χ1n) is 8.89. The second-order valence-electron chi connectivity index (χ2n) is 6.42. The number of benzene rings is 1. The third-order valence-electron chi connectivity index (χ3n) is 4.52. The van der Waals surface area contributed by atoms with Crippen LogP contribution in [0, 0.1) is 6.92 Å². The molecule has 6 nitrogen and oxygen atoms in total. The van der Waals surface area contributed by atoms with Crippen molar-refractivity contribution < 1.29 is 9.53 Å². The van der Waals surface area contributed by atoms with Crippen molar-refractivity contribution in [1.29, 1.82) is 0 Å². The van der Waals surface area contributed by atoms with Crippen molar-refractivity contribution in [2.24, 2.45) is 7.05 Å². The van der Waals surface area contributed by atoms with Crippen LogP contribution in [0.5, 0.6) is 11.6 Å². The van der Waals surface area contributed by atoms with E-state index in [1.54, 1.807) is 4.68 Å². The smallest absolute Gasteiger partial charge is 0.223 e. The van der Waals surface area contributed by atoms with Crippen LogP contribution in [-0.2, 0) is 18.4 Å². The zero-order valence-corrected chi connectivity index (χ0v) is 15.0. The Balaban J connectivity index is 1.55. The Morgan fingerprint density at radius 2 is 1.96 bits per heavy atom. The van der Waals surface area contributed by atoms with Gasteiger partial charge in [-0.1, -0.05) is 18.2 Å². The normalized spacial score (nSPS) is 14.1. The number of nitrogens with one attached hydrogen (secondary N) is 1. The summed E-state index contributed by atoms with van der Waals surface area (Å²) in [6, 6.07) is 9.70. The molecule has 1 aliphatic heterocycles. The SMILES string of the molecule is Cc1nn(C)c(Oc2ccccc2)c1CNCCC(=O)N1CCCC1. The molecular weight excluding hydrogens is 316 g/mol. The summed E-state index contributed by atoms with van der Waals surface area (Å²) < 4.78 is 7.76. The van der Waals surface area contributed by atoms with E-state index in [0.717, 1.165) is 48.8 Å². The number of nitrogens with zero attached hydrogens (tertiary/aromatic N) is 3. The van der Waals surface area contributed by atoms with Gasteiger partial charge in [-0.05, 0) is 31.9 Å². The minimum absolute atomic E-state index is 0.244. The molecule has 1 amide bonds. The molecule has 0 radical (unpaired) electrons. The van der Waals surface area contributed by atoms with E-state index < -0.39 is 0 Å². The fourth-order valence-electron chi connectivity index (χ4n) is 3.15. The van der Waals surface area contributed by atoms with Crippen molar-refractivity contribution in [1.82, 2.24) is 20.0 Å². The first kappa shape index (κ1) is 17.5. The van der Waals surface area contributed by atoms with Crippen LogP contribution < -0.4 is 10.1 Å². The Hall–Kier alpha value is -2.34. The Bertz CT molecular complexity index is 706. The second-order valence-corrected chi connectivity index (χ2v) is 6.42. The molecule has 0 spiro atoms. The monoisotopic (exact) mass is 342 g/mol. The summed E-state index contributed by atoms with van der Waals surface area (Å²) in [5, 5.41) is 7.82. The molecule has 134 valence electrons. The molecule has 6 heteroatoms. The lowest BCUT2D eigenvalue weighted by Crippen LogP contribution is -2.30. The summed E-state index contributed by atoms with van der Waals surface area (Å²) in [6.45, 7) is 5.10. The average Bonchev–Trinajstić information content (AvgIpc) is 3.23. The van der Waals surface area contributed by atoms with E-state index in [-0.39, 0.29) is 5.91 Å². The van der Waals surface area contributed by atoms with Gasteiger partial charge in [0, 0.05) is 39.6 Å². The molecule has 1 aliphatic rings. The first-order valence-corrected chi connectivity index (χ1v) is 8.89. The standard InChI is InChI=1S/C19H26N4O2/c1-15-17(14-20-11-10-18(24)23-12-6-7-13-23)19(22(2)21-15)25-16-8-4-3-5-9-16/h3-5,8-9,20H,6-7,10-14H2,1-2H3. The quantitative estimate of drug-likeness (QED) is 0.786. The van der Waals surface area contributed by atoms with Gasteiger partial charge in [0.15, 0.2) is 0 Å². The number of hydrogen-bond donors (Lipinski definition) is 1. The van der Waals surface area contributed by atoms with Gasteiger partial charge in [-0.15, -0.1) is 0 Å². The molecule has 25 heavy (non-hydrogen) atoms. The number of ether oxygens (including phenoxy) is 1. The maximum atomic E-state index is 12.1. The summed E-state index contributed by atoms with van der Waals surface area (Å²) in [6.07, 6.45) is 2.80. The van der Waals surface area contributed by atoms with Gasteiger partial charge in [-0.25, -0.2) is 4.68 Å². The number of carbonyl (C=O) groups is 1. The van der Waals surface area contributed by atoms with E-state index in [0.29, 0.717) is 19.5 Å². The van der Waals surface area contributed by atoms with E-state index in [9.17, 15) is 4.79 Å². The van der Waals surface area contributed by atoms with E-state index in [4.69, 9.17) is 4.74 Å². The molecule has 2 aromatic rings. The summed E-state index contributed by atoms with van der Waals surface area (Å²) in [4.78, 5) is 14.0. The maximum Gasteiger partial charge on any atom is 0.223 e. The van der Waals surface area contributed by atoms with Gasteiger partial charge in [0.05, 0.1) is 11.3 Å². The third-order valence-corrected chi connectivity index (χ3v) is 4.52. The van der Waals surface area contributed by atoms with E-state index in [1.165, 1.54) is 0 Å². The highest BCUT2D eigenvalue weighted by atomic mass is 16.5. The fourth-order valence-corrected chi connectivity index (χ4v) is 3.15. The number of hydrogen-bond acceptors (Lipinski definition) is 4. The lowest BCUT2D eigenvalue weighted by molar-refractivity contribution is -0.130. The predicted octanol–water partition coefficient (Wildman–Crippen LogP) is 2.62. The Labute approximate surface area is 148 Å². The molecule has 0 bridgehead atoms. The zero-order chi connectivity index (χ0) is 17.6. The molecule has 0 aliphatic carbocycles. The van der Waals surface area contributed by atoms with Crippen molar-refractivity contribution in [3.8, 4) is 11.6 Å². The lowest BCUT2D eigenvalue weighted by Gasteiger charge is -2.15. The molecule has 1 fully saturated rings. The highest BCUT2D eigenvalue weighted by Crippen LogP contribution is 2.26. The van der Waals surface area contributed by atoms with E-state index in [2.05, 4.69) is 10.4 Å². The molecule has 2 heterocycles. The van der Waals surface area contributed by atoms with Crippen LogP contribution in [-0.4, -0.2) is 40.2 Å². The molecule has 1 aromatic heterocycles. The van der Waals surface area contributed by atoms with Crippen LogP contribution in [0.3, 0.4) is 0 Å². The maximum absolute atomic E-state index is 12.1. The minimum Gasteiger partial charge on any atom is -0.439 e. The van der Waals surface area contributed by atoms with Gasteiger partial charge >= 0.3 is 0 Å². The summed E-state index contributed by atoms with van der Waals surface area (Å²) in [5.74, 6) is 1.77. The van der Waals surface area contributed by atoms with Crippen molar-refractivity contribution >= 4 is 5.91 Å². The predicted molar refractivity (Wildman–Crippen MR) is 96.6 cm³/mol. The van der Waals surface area contributed by atoms with Crippen LogP contribution >= 0.6 is 0 Å². The van der Waals surface area contributed by atoms with E-state index >= 15 is 0 Å². The Kier molecular flexibility index (Phi) is 5.71. The lowest BCUT2D eigenvalue weighted by atomic mass is 10.2. The summed E-state index contributed by atoms with van der Waals surface area (Å²) in [5.41, 5.74) is 1.96. The number of amides is 1. The molecule has 3 rings (SSSR count). The summed E-state index contributed by atoms with van der Waals surface area (Å²) >= 11 is 0. The second kappa shape index (κ2) is 8.16. The molecular formula is C19H26N4O2. The summed E-state index contributed by atoms with van der Waals surface area (Å²) in [7, 11) is 1.88. The van der Waals surface area contributed by atoms with Crippen LogP contribution in [0.15, 0.2) is 30.3 Å². The van der Waals surface area contributed by atoms with Crippen LogP contribution in [0.1, 0.15) is 30.5 Å². The highest BCUT2D eigenvalue weighted by Gasteiger charge is 2.18. The number of carbonyl (C=O) groups excluding carboxylic acids is 1. The molecule has 1 aromatic carbocycles. The molecule has 1 N–H and O–H groups in total. The van der Waals surface area contributed by atoms with Crippen molar-refractivity contribution in [3.05, 3.63) is 41.6 Å². The van der Waals surface area contributed by atoms with Gasteiger partial charge in [-0.3, -0.25) is 4.79 Å². The number of aryl methyl sites for hydroxylation is 2. The number of para-hydroxylation sites is 1. The van der Waals surface area contributed by atoms with Crippen molar-refractivity contribution in [2.45, 2.75) is 32.7 Å². The first-order chi connectivity index (χ1) is 12.1. The highest BCUT2D eigenvalue weighted by molar-refractivity contribution is 5.76. The number of likely N-dealkylation sites (tertiary alicyclic amines) is 1. The topological polar surface area (TPSA) is 59.4 Å². The molecule has 1 saturated heterocycles. The van der Waals surface area contributed by atoms with Gasteiger partial charge in [0.2, 0.25) is 11.8 Å². The zero-order valence-electron chi connectivity index (χ0n) is 15.0. The number of rotatable bonds is 7. The van der Waals surface area contributed by atoms with Gasteiger partial charge in [-0.2, -0.15) is 5.10 Å². The molecule has 0 unspecified atom stereocenters. The van der Waals surface area contributed by atoms with Crippen LogP contribution in [0.2, 0.25) is 0 Å². The average molecular weight is 342 g/mol. The Morgan fingerprint density at radius 1 is 1.24 bits per heavy atom. The molecule has 0 saturated carbocycles. The van der Waals surface area contributed by atoms with Gasteiger partial charge in [0.25, 0.3) is 0 Å². The Morgan fingerprint density at radius 3 is 2.68 bits per heavy atom. The van der Waals surface area contributed by atoms with Crippen LogP contribution in [0.4, 0.5) is 0 Å². The number of aromatic nitrogens is 2. The van der Waals surface area contributed by atoms with Crippen LogP contribution in [0.25, 0.3) is 0 Å². The largest absolute Gasteiger partial charge is 0.439 e. The van der Waals surface area contributed by atoms with Crippen molar-refractivity contribution in [3.63, 3.8) is 0 Å². The van der Waals surface area contributed by atoms with Gasteiger partial charge in [0.1, 0.15) is 5.75 Å².